The molecule has 1 heterocycles. The molecule has 0 amide bonds. The normalized spacial score (nSPS) is 10.5. The number of hydrogen-bond acceptors (Lipinski definition) is 8. The second kappa shape index (κ2) is 9.07. The van der Waals surface area contributed by atoms with Gasteiger partial charge in [0.2, 0.25) is 5.13 Å². The number of hydrogen-bond donors (Lipinski definition) is 1. The van der Waals surface area contributed by atoms with Crippen LogP contribution in [0.25, 0.3) is 0 Å². The molecule has 0 bridgehead atoms. The van der Waals surface area contributed by atoms with Crippen molar-refractivity contribution in [2.24, 2.45) is 0 Å². The Hall–Kier alpha value is -2.29. The standard InChI is InChI=1S/C18H16ClN3O3S2/c1-24-15-8-7-11(9-12(15)19)14(23)10-26-18-22-21-17(27-18)20-13-5-3-4-6-16(13)25-2/h3-9H,10H2,1-2H3,(H,20,21). The number of benzene rings is 2. The number of para-hydroxylation sites is 2. The van der Waals surface area contributed by atoms with Crippen molar-refractivity contribution in [3.8, 4) is 11.5 Å². The van der Waals surface area contributed by atoms with E-state index in [9.17, 15) is 4.79 Å². The zero-order valence-corrected chi connectivity index (χ0v) is 17.0. The van der Waals surface area contributed by atoms with E-state index < -0.39 is 0 Å². The number of ketones is 1. The smallest absolute Gasteiger partial charge is 0.210 e. The lowest BCUT2D eigenvalue weighted by Gasteiger charge is -2.07. The van der Waals surface area contributed by atoms with Crippen LogP contribution in [-0.4, -0.2) is 36.0 Å². The van der Waals surface area contributed by atoms with Crippen LogP contribution in [0.3, 0.4) is 0 Å². The molecule has 0 aliphatic heterocycles. The van der Waals surface area contributed by atoms with Gasteiger partial charge in [-0.05, 0) is 30.3 Å². The van der Waals surface area contributed by atoms with E-state index in [1.165, 1.54) is 30.2 Å². The predicted octanol–water partition coefficient (Wildman–Crippen LogP) is 4.93. The molecule has 0 aliphatic carbocycles. The van der Waals surface area contributed by atoms with Crippen LogP contribution in [0.4, 0.5) is 10.8 Å². The maximum atomic E-state index is 12.4. The number of carbonyl (C=O) groups is 1. The number of aromatic nitrogens is 2. The van der Waals surface area contributed by atoms with E-state index >= 15 is 0 Å². The van der Waals surface area contributed by atoms with Gasteiger partial charge in [0.15, 0.2) is 10.1 Å². The second-order valence-electron chi connectivity index (χ2n) is 5.26. The van der Waals surface area contributed by atoms with E-state index in [-0.39, 0.29) is 11.5 Å². The second-order valence-corrected chi connectivity index (χ2v) is 7.87. The van der Waals surface area contributed by atoms with Gasteiger partial charge in [-0.3, -0.25) is 4.79 Å². The van der Waals surface area contributed by atoms with Gasteiger partial charge in [0.05, 0.1) is 30.7 Å². The van der Waals surface area contributed by atoms with Crippen molar-refractivity contribution in [2.75, 3.05) is 25.3 Å². The number of nitrogens with one attached hydrogen (secondary N) is 1. The molecule has 0 spiro atoms. The number of halogens is 1. The number of thioether (sulfide) groups is 1. The van der Waals surface area contributed by atoms with Gasteiger partial charge >= 0.3 is 0 Å². The van der Waals surface area contributed by atoms with Gasteiger partial charge < -0.3 is 14.8 Å². The minimum atomic E-state index is -0.0426. The average molecular weight is 422 g/mol. The molecule has 9 heteroatoms. The molecule has 6 nitrogen and oxygen atoms in total. The Morgan fingerprint density at radius 1 is 1.15 bits per heavy atom. The van der Waals surface area contributed by atoms with Crippen LogP contribution in [0, 0.1) is 0 Å². The highest BCUT2D eigenvalue weighted by Crippen LogP contribution is 2.32. The Balaban J connectivity index is 1.61. The number of ether oxygens (including phenoxy) is 2. The van der Waals surface area contributed by atoms with Crippen molar-refractivity contribution < 1.29 is 14.3 Å². The molecule has 3 aromatic rings. The third-order valence-electron chi connectivity index (χ3n) is 3.56. The first-order valence-corrected chi connectivity index (χ1v) is 10.0. The Bertz CT molecular complexity index is 949. The van der Waals surface area contributed by atoms with Gasteiger partial charge in [0.1, 0.15) is 11.5 Å². The zero-order chi connectivity index (χ0) is 19.2. The maximum absolute atomic E-state index is 12.4. The quantitative estimate of drug-likeness (QED) is 0.408. The van der Waals surface area contributed by atoms with Crippen molar-refractivity contribution in [1.29, 1.82) is 0 Å². The van der Waals surface area contributed by atoms with E-state index in [1.54, 1.807) is 25.3 Å². The number of carbonyl (C=O) groups excluding carboxylic acids is 1. The summed E-state index contributed by atoms with van der Waals surface area (Å²) in [6.45, 7) is 0. The molecular weight excluding hydrogens is 406 g/mol. The van der Waals surface area contributed by atoms with Crippen molar-refractivity contribution in [3.05, 3.63) is 53.1 Å². The van der Waals surface area contributed by atoms with Gasteiger partial charge in [-0.15, -0.1) is 10.2 Å². The molecule has 0 saturated heterocycles. The third-order valence-corrected chi connectivity index (χ3v) is 5.82. The monoisotopic (exact) mass is 421 g/mol. The molecule has 1 N–H and O–H groups in total. The largest absolute Gasteiger partial charge is 0.495 e. The summed E-state index contributed by atoms with van der Waals surface area (Å²) in [5.41, 5.74) is 1.34. The summed E-state index contributed by atoms with van der Waals surface area (Å²) in [6, 6.07) is 12.5. The highest BCUT2D eigenvalue weighted by molar-refractivity contribution is 8.01. The van der Waals surface area contributed by atoms with Crippen LogP contribution >= 0.6 is 34.7 Å². The van der Waals surface area contributed by atoms with E-state index in [1.807, 2.05) is 24.3 Å². The fourth-order valence-electron chi connectivity index (χ4n) is 2.23. The van der Waals surface area contributed by atoms with Crippen LogP contribution in [0.15, 0.2) is 46.8 Å². The third kappa shape index (κ3) is 4.91. The summed E-state index contributed by atoms with van der Waals surface area (Å²) < 4.78 is 11.1. The number of methoxy groups -OCH3 is 2. The number of anilines is 2. The molecule has 140 valence electrons. The van der Waals surface area contributed by atoms with Crippen LogP contribution in [0.5, 0.6) is 11.5 Å². The lowest BCUT2D eigenvalue weighted by atomic mass is 10.1. The van der Waals surface area contributed by atoms with Crippen LogP contribution < -0.4 is 14.8 Å². The summed E-state index contributed by atoms with van der Waals surface area (Å²) >= 11 is 8.77. The summed E-state index contributed by atoms with van der Waals surface area (Å²) in [4.78, 5) is 12.4. The SMILES string of the molecule is COc1ccc(C(=O)CSc2nnc(Nc3ccccc3OC)s2)cc1Cl. The first-order valence-electron chi connectivity index (χ1n) is 7.84. The van der Waals surface area contributed by atoms with Gasteiger partial charge in [-0.1, -0.05) is 46.8 Å². The van der Waals surface area contributed by atoms with Gasteiger partial charge in [0.25, 0.3) is 0 Å². The number of Topliss-reactive ketones (excluding diaryl/α,β-unsaturated/α-hetero) is 1. The molecule has 3 rings (SSSR count). The van der Waals surface area contributed by atoms with Crippen LogP contribution in [0.2, 0.25) is 5.02 Å². The molecule has 0 unspecified atom stereocenters. The molecule has 0 saturated carbocycles. The predicted molar refractivity (Wildman–Crippen MR) is 109 cm³/mol. The first-order chi connectivity index (χ1) is 13.1. The maximum Gasteiger partial charge on any atom is 0.210 e. The topological polar surface area (TPSA) is 73.3 Å². The molecule has 2 aromatic carbocycles. The minimum absolute atomic E-state index is 0.0426. The Morgan fingerprint density at radius 3 is 2.67 bits per heavy atom. The summed E-state index contributed by atoms with van der Waals surface area (Å²) in [6.07, 6.45) is 0. The van der Waals surface area contributed by atoms with Crippen molar-refractivity contribution in [2.45, 2.75) is 4.34 Å². The lowest BCUT2D eigenvalue weighted by molar-refractivity contribution is 0.102. The van der Waals surface area contributed by atoms with E-state index in [0.717, 1.165) is 5.69 Å². The fourth-order valence-corrected chi connectivity index (χ4v) is 4.15. The molecule has 0 fully saturated rings. The molecule has 1 aromatic heterocycles. The first kappa shape index (κ1) is 19.5. The highest BCUT2D eigenvalue weighted by atomic mass is 35.5. The van der Waals surface area contributed by atoms with Crippen LogP contribution in [-0.2, 0) is 0 Å². The van der Waals surface area contributed by atoms with Crippen LogP contribution in [0.1, 0.15) is 10.4 Å². The molecule has 0 aliphatic rings. The summed E-state index contributed by atoms with van der Waals surface area (Å²) in [7, 11) is 3.14. The Labute approximate surface area is 169 Å². The van der Waals surface area contributed by atoms with E-state index in [4.69, 9.17) is 21.1 Å². The van der Waals surface area contributed by atoms with Crippen molar-refractivity contribution in [3.63, 3.8) is 0 Å². The van der Waals surface area contributed by atoms with Gasteiger partial charge in [-0.2, -0.15) is 0 Å². The Morgan fingerprint density at radius 2 is 1.93 bits per heavy atom. The summed E-state index contributed by atoms with van der Waals surface area (Å²) in [5.74, 6) is 1.45. The number of nitrogens with zero attached hydrogens (tertiary/aromatic N) is 2. The van der Waals surface area contributed by atoms with Crippen molar-refractivity contribution >= 4 is 51.3 Å². The minimum Gasteiger partial charge on any atom is -0.495 e. The average Bonchev–Trinajstić information content (AvgIpc) is 3.13. The van der Waals surface area contributed by atoms with E-state index in [2.05, 4.69) is 15.5 Å². The molecule has 0 radical (unpaired) electrons. The highest BCUT2D eigenvalue weighted by Gasteiger charge is 2.13. The fraction of sp³-hybridized carbons (Fsp3) is 0.167. The Kier molecular flexibility index (Phi) is 6.54. The van der Waals surface area contributed by atoms with Gasteiger partial charge in [0, 0.05) is 5.56 Å². The lowest BCUT2D eigenvalue weighted by Crippen LogP contribution is -2.02. The molecular formula is C18H16ClN3O3S2. The van der Waals surface area contributed by atoms with Gasteiger partial charge in [-0.25, -0.2) is 0 Å². The molecule has 27 heavy (non-hydrogen) atoms. The zero-order valence-electron chi connectivity index (χ0n) is 14.6. The number of rotatable bonds is 8. The van der Waals surface area contributed by atoms with E-state index in [0.29, 0.717) is 31.6 Å². The summed E-state index contributed by atoms with van der Waals surface area (Å²) in [5, 5.41) is 12.4. The molecule has 0 atom stereocenters. The van der Waals surface area contributed by atoms with Crippen molar-refractivity contribution in [1.82, 2.24) is 10.2 Å².